The van der Waals surface area contributed by atoms with Gasteiger partial charge in [-0.25, -0.2) is 18.7 Å². The molecule has 0 N–H and O–H groups in total. The molecular weight excluding hydrogens is 1370 g/mol. The van der Waals surface area contributed by atoms with E-state index in [-0.39, 0.29) is 97.1 Å². The molecule has 0 spiro atoms. The van der Waals surface area contributed by atoms with Crippen LogP contribution in [0.4, 0.5) is 34.6 Å². The van der Waals surface area contributed by atoms with Gasteiger partial charge in [0.1, 0.15) is 23.3 Å². The topological polar surface area (TPSA) is 264 Å². The van der Waals surface area contributed by atoms with Crippen molar-refractivity contribution in [3.8, 4) is 0 Å². The number of hydroxylamine groups is 8. The molecule has 0 aliphatic carbocycles. The van der Waals surface area contributed by atoms with Gasteiger partial charge in [-0.3, -0.25) is 67.5 Å². The molecule has 7 aromatic carbocycles. The molecule has 0 atom stereocenters. The van der Waals surface area contributed by atoms with Crippen molar-refractivity contribution in [1.29, 1.82) is 0 Å². The van der Waals surface area contributed by atoms with Gasteiger partial charge in [0, 0.05) is 55.5 Å². The van der Waals surface area contributed by atoms with Crippen molar-refractivity contribution in [2.45, 2.75) is 65.7 Å². The Morgan fingerprint density at radius 2 is 0.500 bits per heavy atom. The smallest absolute Gasteiger partial charge is 0.279 e. The standard InChI is InChI=1S/C76H58Cl2N14O12/c1-41-59-63(45-21-25-47(77)26-22-45)60-42(2)80-84(34-38-102-90-71(95)53-15-7-8-16-54(53)72(90)96)66(60)87(65(59)83(79-41)33-37-101-89-69(93)51-13-5-6-14-52(51)70(89)94)49-29-31-50(32-30-49)88-67-61(43(3)81-85(67)35-39-103-91-73(97)55-17-9-10-18-56(55)74(91)98)64(46-23-27-48(78)28-24-46)62-44(4)82-86(68(62)88)36-40-104-92-75(99)57-19-11-12-20-58(57)76(92)100/h5-32,63-64H,33-40H2,1-4H3. The Balaban J connectivity index is 0.801. The molecule has 518 valence electrons. The molecule has 104 heavy (non-hydrogen) atoms. The fourth-order valence-corrected chi connectivity index (χ4v) is 15.2. The number of anilines is 6. The van der Waals surface area contributed by atoms with Crippen LogP contribution >= 0.6 is 23.2 Å². The Bertz CT molecular complexity index is 4770. The Hall–Kier alpha value is -12.0. The number of amides is 8. The number of hydrogen-bond donors (Lipinski definition) is 0. The number of aryl methyl sites for hydroxylation is 4. The van der Waals surface area contributed by atoms with E-state index < -0.39 is 59.1 Å². The van der Waals surface area contributed by atoms with E-state index >= 15 is 0 Å². The van der Waals surface area contributed by atoms with Crippen molar-refractivity contribution >= 4 is 105 Å². The molecule has 0 saturated heterocycles. The van der Waals surface area contributed by atoms with E-state index in [9.17, 15) is 38.4 Å². The number of hydrogen-bond acceptors (Lipinski definition) is 18. The van der Waals surface area contributed by atoms with Gasteiger partial charge in [-0.2, -0.15) is 20.4 Å². The van der Waals surface area contributed by atoms with Crippen LogP contribution in [0, 0.1) is 27.7 Å². The zero-order valence-corrected chi connectivity index (χ0v) is 57.4. The van der Waals surface area contributed by atoms with E-state index in [1.54, 1.807) is 116 Å². The first-order valence-corrected chi connectivity index (χ1v) is 34.1. The van der Waals surface area contributed by atoms with E-state index in [0.717, 1.165) is 53.6 Å². The molecule has 11 aromatic rings. The average Bonchev–Trinajstić information content (AvgIpc) is 1.53. The molecule has 0 unspecified atom stereocenters. The van der Waals surface area contributed by atoms with Crippen molar-refractivity contribution in [1.82, 2.24) is 59.4 Å². The van der Waals surface area contributed by atoms with Crippen molar-refractivity contribution in [3.05, 3.63) is 281 Å². The predicted octanol–water partition coefficient (Wildman–Crippen LogP) is 11.9. The van der Waals surface area contributed by atoms with Crippen LogP contribution in [0.1, 0.15) is 151 Å². The molecule has 6 aliphatic heterocycles. The Labute approximate surface area is 601 Å². The maximum Gasteiger partial charge on any atom is 0.285 e. The number of aromatic nitrogens is 8. The third kappa shape index (κ3) is 10.4. The lowest BCUT2D eigenvalue weighted by atomic mass is 9.81. The number of halogens is 2. The van der Waals surface area contributed by atoms with E-state index in [2.05, 4.69) is 0 Å². The van der Waals surface area contributed by atoms with Crippen LogP contribution in [-0.2, 0) is 45.5 Å². The van der Waals surface area contributed by atoms with Gasteiger partial charge in [0.15, 0.2) is 0 Å². The second kappa shape index (κ2) is 25.5. The molecule has 0 bridgehead atoms. The summed E-state index contributed by atoms with van der Waals surface area (Å²) in [6.07, 6.45) is 0. The number of carbonyl (C=O) groups excluding carboxylic acids is 8. The predicted molar refractivity (Wildman–Crippen MR) is 374 cm³/mol. The fraction of sp³-hybridized carbons (Fsp3) is 0.184. The van der Waals surface area contributed by atoms with Crippen LogP contribution in [0.2, 0.25) is 10.0 Å². The lowest BCUT2D eigenvalue weighted by Gasteiger charge is -2.37. The van der Waals surface area contributed by atoms with Crippen LogP contribution in [0.15, 0.2) is 170 Å². The summed E-state index contributed by atoms with van der Waals surface area (Å²) >= 11 is 13.2. The Morgan fingerprint density at radius 1 is 0.298 bits per heavy atom. The summed E-state index contributed by atoms with van der Waals surface area (Å²) in [4.78, 5) is 138. The Morgan fingerprint density at radius 3 is 0.702 bits per heavy atom. The minimum Gasteiger partial charge on any atom is -0.279 e. The average molecular weight is 1430 g/mol. The summed E-state index contributed by atoms with van der Waals surface area (Å²) in [5.74, 6) is -3.67. The lowest BCUT2D eigenvalue weighted by molar-refractivity contribution is -0.0943. The zero-order valence-electron chi connectivity index (χ0n) is 55.9. The minimum absolute atomic E-state index is 0.00502. The van der Waals surface area contributed by atoms with Gasteiger partial charge < -0.3 is 0 Å². The molecule has 17 rings (SSSR count). The highest BCUT2D eigenvalue weighted by molar-refractivity contribution is 6.31. The monoisotopic (exact) mass is 1430 g/mol. The normalized spacial score (nSPS) is 15.2. The van der Waals surface area contributed by atoms with Crippen molar-refractivity contribution in [2.75, 3.05) is 36.2 Å². The molecule has 10 heterocycles. The van der Waals surface area contributed by atoms with Gasteiger partial charge in [0.05, 0.1) is 120 Å². The quantitative estimate of drug-likeness (QED) is 0.0642. The molecule has 0 fully saturated rings. The number of nitrogens with zero attached hydrogens (tertiary/aromatic N) is 14. The molecule has 4 aromatic heterocycles. The molecular formula is C76H58Cl2N14O12. The molecule has 8 amide bonds. The van der Waals surface area contributed by atoms with Gasteiger partial charge in [0.25, 0.3) is 47.3 Å². The minimum atomic E-state index is -0.601. The summed E-state index contributed by atoms with van der Waals surface area (Å²) < 4.78 is 7.06. The first-order chi connectivity index (χ1) is 50.4. The molecule has 26 nitrogen and oxygen atoms in total. The van der Waals surface area contributed by atoms with Crippen LogP contribution in [0.3, 0.4) is 0 Å². The van der Waals surface area contributed by atoms with E-state index in [0.29, 0.717) is 67.5 Å². The zero-order chi connectivity index (χ0) is 71.7. The molecule has 6 aliphatic rings. The van der Waals surface area contributed by atoms with Gasteiger partial charge in [-0.1, -0.05) is 96.0 Å². The maximum absolute atomic E-state index is 13.7. The number of rotatable bonds is 20. The number of benzene rings is 7. The van der Waals surface area contributed by atoms with E-state index in [1.165, 1.54) is 0 Å². The van der Waals surface area contributed by atoms with Crippen molar-refractivity contribution < 1.29 is 57.7 Å². The van der Waals surface area contributed by atoms with Crippen LogP contribution in [0.5, 0.6) is 0 Å². The van der Waals surface area contributed by atoms with E-state index in [1.807, 2.05) is 110 Å². The summed E-state index contributed by atoms with van der Waals surface area (Å²) in [6, 6.07) is 48.7. The summed E-state index contributed by atoms with van der Waals surface area (Å²) in [7, 11) is 0. The summed E-state index contributed by atoms with van der Waals surface area (Å²) in [5, 5.41) is 25.0. The highest BCUT2D eigenvalue weighted by Gasteiger charge is 2.47. The van der Waals surface area contributed by atoms with Crippen LogP contribution in [0.25, 0.3) is 0 Å². The van der Waals surface area contributed by atoms with Gasteiger partial charge in [-0.05, 0) is 136 Å². The number of imide groups is 4. The Kier molecular flexibility index (Phi) is 16.0. The maximum atomic E-state index is 13.7. The first-order valence-electron chi connectivity index (χ1n) is 33.4. The SMILES string of the molecule is Cc1nn(CCON2C(=O)c3ccccc3C2=O)c2c1C(c1ccc(Cl)cc1)c1c(C)nn(CCON3C(=O)c4ccccc4C3=O)c1N2c1ccc(N2c3c(c(C)nn3CCON3C(=O)c4ccccc4C3=O)C(c3ccc(Cl)cc3)c3c(C)nn(CCON4C(=O)c5ccccc5C4=O)c32)cc1. The van der Waals surface area contributed by atoms with Gasteiger partial charge in [0.2, 0.25) is 0 Å². The third-order valence-corrected chi connectivity index (χ3v) is 20.0. The summed E-state index contributed by atoms with van der Waals surface area (Å²) in [6.45, 7) is 6.85. The fourth-order valence-electron chi connectivity index (χ4n) is 15.0. The second-order valence-electron chi connectivity index (χ2n) is 25.5. The number of carbonyl (C=O) groups is 8. The largest absolute Gasteiger partial charge is 0.285 e. The lowest BCUT2D eigenvalue weighted by Crippen LogP contribution is -2.33. The van der Waals surface area contributed by atoms with Crippen molar-refractivity contribution in [3.63, 3.8) is 0 Å². The first kappa shape index (κ1) is 65.3. The summed E-state index contributed by atoms with van der Waals surface area (Å²) in [5.41, 5.74) is 10.2. The van der Waals surface area contributed by atoms with Crippen LogP contribution < -0.4 is 9.80 Å². The molecule has 28 heteroatoms. The highest BCUT2D eigenvalue weighted by atomic mass is 35.5. The number of fused-ring (bicyclic) bond motifs is 8. The van der Waals surface area contributed by atoms with Crippen molar-refractivity contribution in [2.24, 2.45) is 0 Å². The van der Waals surface area contributed by atoms with E-state index in [4.69, 9.17) is 62.9 Å². The third-order valence-electron chi connectivity index (χ3n) is 19.5. The second-order valence-corrected chi connectivity index (χ2v) is 26.3. The van der Waals surface area contributed by atoms with Crippen LogP contribution in [-0.4, -0.2) is 133 Å². The molecule has 0 radical (unpaired) electrons. The van der Waals surface area contributed by atoms with Gasteiger partial charge >= 0.3 is 0 Å². The highest BCUT2D eigenvalue weighted by Crippen LogP contribution is 2.57. The molecule has 0 saturated carbocycles. The van der Waals surface area contributed by atoms with Gasteiger partial charge in [-0.15, -0.1) is 20.3 Å².